The number of hydrogen-bond donors (Lipinski definition) is 2. The molecule has 18 heavy (non-hydrogen) atoms. The molecule has 2 N–H and O–H groups in total. The maximum absolute atomic E-state index is 11.5. The monoisotopic (exact) mass is 276 g/mol. The van der Waals surface area contributed by atoms with Gasteiger partial charge in [-0.2, -0.15) is 11.8 Å². The number of aliphatic carboxylic acids is 1. The fourth-order valence-electron chi connectivity index (χ4n) is 1.22. The standard InChI is InChI=1S/C11H20N2O4S/c1-13(7-4-8-18-2)11(17)12-9(14)5-3-6-10(15)16/h3-8H2,1-2H3,(H,15,16)(H,12,14,17). The molecule has 0 bridgehead atoms. The highest BCUT2D eigenvalue weighted by atomic mass is 32.2. The number of imide groups is 1. The number of carboxylic acids is 1. The lowest BCUT2D eigenvalue weighted by Crippen LogP contribution is -2.41. The Balaban J connectivity index is 3.77. The van der Waals surface area contributed by atoms with Gasteiger partial charge in [-0.25, -0.2) is 4.79 Å². The molecule has 0 spiro atoms. The van der Waals surface area contributed by atoms with E-state index >= 15 is 0 Å². The van der Waals surface area contributed by atoms with Gasteiger partial charge in [0.15, 0.2) is 0 Å². The van der Waals surface area contributed by atoms with E-state index in [0.29, 0.717) is 6.54 Å². The second kappa shape index (κ2) is 9.76. The summed E-state index contributed by atoms with van der Waals surface area (Å²) in [5, 5.41) is 10.6. The van der Waals surface area contributed by atoms with Crippen molar-refractivity contribution in [3.05, 3.63) is 0 Å². The van der Waals surface area contributed by atoms with Crippen LogP contribution >= 0.6 is 11.8 Å². The van der Waals surface area contributed by atoms with E-state index in [2.05, 4.69) is 5.32 Å². The van der Waals surface area contributed by atoms with Crippen molar-refractivity contribution in [2.75, 3.05) is 25.6 Å². The number of carboxylic acid groups (broad SMARTS) is 1. The lowest BCUT2D eigenvalue weighted by Gasteiger charge is -2.16. The molecule has 0 aromatic rings. The van der Waals surface area contributed by atoms with Crippen molar-refractivity contribution >= 4 is 29.7 Å². The molecule has 0 saturated heterocycles. The number of rotatable bonds is 8. The van der Waals surface area contributed by atoms with Gasteiger partial charge in [0.2, 0.25) is 5.91 Å². The first-order chi connectivity index (χ1) is 8.47. The highest BCUT2D eigenvalue weighted by Gasteiger charge is 2.12. The van der Waals surface area contributed by atoms with Gasteiger partial charge >= 0.3 is 12.0 Å². The average molecular weight is 276 g/mol. The molecule has 3 amide bonds. The van der Waals surface area contributed by atoms with Crippen LogP contribution in [0.5, 0.6) is 0 Å². The van der Waals surface area contributed by atoms with Crippen LogP contribution in [-0.4, -0.2) is 53.5 Å². The molecule has 0 fully saturated rings. The summed E-state index contributed by atoms with van der Waals surface area (Å²) in [5.74, 6) is -0.411. The summed E-state index contributed by atoms with van der Waals surface area (Å²) in [5.41, 5.74) is 0. The van der Waals surface area contributed by atoms with Gasteiger partial charge < -0.3 is 10.0 Å². The smallest absolute Gasteiger partial charge is 0.323 e. The fourth-order valence-corrected chi connectivity index (χ4v) is 1.64. The molecule has 0 aliphatic carbocycles. The second-order valence-corrected chi connectivity index (χ2v) is 4.85. The van der Waals surface area contributed by atoms with Crippen LogP contribution in [0.25, 0.3) is 0 Å². The summed E-state index contributed by atoms with van der Waals surface area (Å²) in [7, 11) is 1.63. The van der Waals surface area contributed by atoms with Crippen LogP contribution in [0.4, 0.5) is 4.79 Å². The van der Waals surface area contributed by atoms with E-state index in [4.69, 9.17) is 5.11 Å². The van der Waals surface area contributed by atoms with Gasteiger partial charge in [-0.05, 0) is 24.9 Å². The molecule has 0 atom stereocenters. The fraction of sp³-hybridized carbons (Fsp3) is 0.727. The van der Waals surface area contributed by atoms with Crippen molar-refractivity contribution < 1.29 is 19.5 Å². The highest BCUT2D eigenvalue weighted by Crippen LogP contribution is 1.98. The van der Waals surface area contributed by atoms with E-state index in [1.165, 1.54) is 4.90 Å². The number of thioether (sulfide) groups is 1. The maximum atomic E-state index is 11.5. The van der Waals surface area contributed by atoms with E-state index < -0.39 is 17.9 Å². The number of hydrogen-bond acceptors (Lipinski definition) is 4. The summed E-state index contributed by atoms with van der Waals surface area (Å²) < 4.78 is 0. The van der Waals surface area contributed by atoms with Gasteiger partial charge in [-0.3, -0.25) is 14.9 Å². The van der Waals surface area contributed by atoms with Crippen molar-refractivity contribution in [1.29, 1.82) is 0 Å². The Labute approximate surface area is 111 Å². The van der Waals surface area contributed by atoms with E-state index in [9.17, 15) is 14.4 Å². The van der Waals surface area contributed by atoms with Crippen molar-refractivity contribution in [3.63, 3.8) is 0 Å². The highest BCUT2D eigenvalue weighted by molar-refractivity contribution is 7.98. The average Bonchev–Trinajstić information content (AvgIpc) is 2.28. The Bertz CT molecular complexity index is 297. The van der Waals surface area contributed by atoms with Gasteiger partial charge in [0.1, 0.15) is 0 Å². The molecular weight excluding hydrogens is 256 g/mol. The van der Waals surface area contributed by atoms with Gasteiger partial charge in [0.05, 0.1) is 0 Å². The third kappa shape index (κ3) is 8.86. The largest absolute Gasteiger partial charge is 0.481 e. The lowest BCUT2D eigenvalue weighted by atomic mass is 10.2. The molecule has 0 unspecified atom stereocenters. The molecule has 0 radical (unpaired) electrons. The normalized spacial score (nSPS) is 9.89. The van der Waals surface area contributed by atoms with Gasteiger partial charge in [0.25, 0.3) is 0 Å². The predicted molar refractivity (Wildman–Crippen MR) is 70.7 cm³/mol. The molecule has 7 heteroatoms. The number of carbonyl (C=O) groups excluding carboxylic acids is 2. The third-order valence-corrected chi connectivity index (χ3v) is 2.93. The van der Waals surface area contributed by atoms with Gasteiger partial charge in [0, 0.05) is 26.4 Å². The maximum Gasteiger partial charge on any atom is 0.323 e. The Morgan fingerprint density at radius 3 is 2.44 bits per heavy atom. The number of carbonyl (C=O) groups is 3. The molecule has 0 aromatic heterocycles. The zero-order valence-corrected chi connectivity index (χ0v) is 11.6. The van der Waals surface area contributed by atoms with E-state index in [1.54, 1.807) is 18.8 Å². The Hall–Kier alpha value is -1.24. The van der Waals surface area contributed by atoms with Crippen LogP contribution in [0.1, 0.15) is 25.7 Å². The summed E-state index contributed by atoms with van der Waals surface area (Å²) in [6, 6.07) is -0.434. The SMILES string of the molecule is CSCCCN(C)C(=O)NC(=O)CCCC(=O)O. The van der Waals surface area contributed by atoms with Crippen LogP contribution < -0.4 is 5.32 Å². The number of amides is 3. The number of nitrogens with one attached hydrogen (secondary N) is 1. The Kier molecular flexibility index (Phi) is 9.08. The van der Waals surface area contributed by atoms with Crippen LogP contribution in [0.3, 0.4) is 0 Å². The number of nitrogens with zero attached hydrogens (tertiary/aromatic N) is 1. The zero-order valence-electron chi connectivity index (χ0n) is 10.8. The number of urea groups is 1. The molecule has 0 saturated carbocycles. The summed E-state index contributed by atoms with van der Waals surface area (Å²) in [6.07, 6.45) is 3.09. The molecule has 0 rings (SSSR count). The van der Waals surface area contributed by atoms with E-state index in [-0.39, 0.29) is 19.3 Å². The van der Waals surface area contributed by atoms with Crippen LogP contribution in [0, 0.1) is 0 Å². The van der Waals surface area contributed by atoms with Crippen molar-refractivity contribution in [3.8, 4) is 0 Å². The minimum absolute atomic E-state index is 0.0523. The Morgan fingerprint density at radius 1 is 1.22 bits per heavy atom. The molecule has 0 aliphatic heterocycles. The quantitative estimate of drug-likeness (QED) is 0.650. The Morgan fingerprint density at radius 2 is 1.89 bits per heavy atom. The third-order valence-electron chi connectivity index (χ3n) is 2.23. The molecule has 6 nitrogen and oxygen atoms in total. The van der Waals surface area contributed by atoms with Gasteiger partial charge in [-0.15, -0.1) is 0 Å². The van der Waals surface area contributed by atoms with Crippen LogP contribution in [0.2, 0.25) is 0 Å². The first-order valence-corrected chi connectivity index (χ1v) is 7.12. The molecule has 0 aromatic carbocycles. The molecular formula is C11H20N2O4S. The first kappa shape index (κ1) is 16.8. The van der Waals surface area contributed by atoms with Crippen molar-refractivity contribution in [2.24, 2.45) is 0 Å². The van der Waals surface area contributed by atoms with Crippen molar-refractivity contribution in [1.82, 2.24) is 10.2 Å². The van der Waals surface area contributed by atoms with Crippen molar-refractivity contribution in [2.45, 2.75) is 25.7 Å². The lowest BCUT2D eigenvalue weighted by molar-refractivity contribution is -0.137. The van der Waals surface area contributed by atoms with E-state index in [0.717, 1.165) is 12.2 Å². The molecule has 0 heterocycles. The zero-order chi connectivity index (χ0) is 14.0. The van der Waals surface area contributed by atoms with Crippen LogP contribution in [0.15, 0.2) is 0 Å². The summed E-state index contributed by atoms with van der Waals surface area (Å²) in [4.78, 5) is 34.5. The first-order valence-electron chi connectivity index (χ1n) is 5.73. The second-order valence-electron chi connectivity index (χ2n) is 3.87. The molecule has 0 aliphatic rings. The van der Waals surface area contributed by atoms with Gasteiger partial charge in [-0.1, -0.05) is 0 Å². The molecule has 104 valence electrons. The topological polar surface area (TPSA) is 86.7 Å². The summed E-state index contributed by atoms with van der Waals surface area (Å²) >= 11 is 1.70. The van der Waals surface area contributed by atoms with E-state index in [1.807, 2.05) is 6.26 Å². The predicted octanol–water partition coefficient (Wildman–Crippen LogP) is 1.16. The minimum Gasteiger partial charge on any atom is -0.481 e. The minimum atomic E-state index is -0.941. The van der Waals surface area contributed by atoms with Crippen LogP contribution in [-0.2, 0) is 9.59 Å². The summed E-state index contributed by atoms with van der Waals surface area (Å²) in [6.45, 7) is 0.592.